The van der Waals surface area contributed by atoms with Crippen LogP contribution in [0.3, 0.4) is 0 Å². The first-order valence-electron chi connectivity index (χ1n) is 6.94. The van der Waals surface area contributed by atoms with Gasteiger partial charge in [-0.05, 0) is 55.8 Å². The fourth-order valence-electron chi connectivity index (χ4n) is 3.19. The van der Waals surface area contributed by atoms with E-state index < -0.39 is 0 Å². The average Bonchev–Trinajstić information content (AvgIpc) is 2.47. The number of halogens is 1. The Morgan fingerprint density at radius 3 is 2.42 bits per heavy atom. The summed E-state index contributed by atoms with van der Waals surface area (Å²) in [5, 5.41) is 3.76. The summed E-state index contributed by atoms with van der Waals surface area (Å²) in [7, 11) is 0. The number of rotatable bonds is 4. The average molecular weight is 299 g/mol. The number of piperidine rings is 3. The molecule has 3 heterocycles. The third-order valence-corrected chi connectivity index (χ3v) is 5.13. The fourth-order valence-corrected chi connectivity index (χ4v) is 3.60. The number of thioether (sulfide) groups is 1. The van der Waals surface area contributed by atoms with Crippen molar-refractivity contribution in [3.8, 4) is 0 Å². The zero-order chi connectivity index (χ0) is 12.4. The van der Waals surface area contributed by atoms with Gasteiger partial charge in [0, 0.05) is 24.0 Å². The molecule has 2 bridgehead atoms. The number of benzene rings is 1. The first-order valence-corrected chi connectivity index (χ1v) is 8.16. The first-order chi connectivity index (χ1) is 8.85. The van der Waals surface area contributed by atoms with E-state index in [2.05, 4.69) is 40.7 Å². The second kappa shape index (κ2) is 6.98. The zero-order valence-electron chi connectivity index (χ0n) is 11.5. The van der Waals surface area contributed by atoms with Crippen LogP contribution in [-0.4, -0.2) is 36.8 Å². The van der Waals surface area contributed by atoms with E-state index in [0.717, 1.165) is 12.5 Å². The molecule has 1 unspecified atom stereocenters. The molecule has 3 saturated heterocycles. The van der Waals surface area contributed by atoms with E-state index in [9.17, 15) is 0 Å². The quantitative estimate of drug-likeness (QED) is 0.860. The SMILES string of the molecule is CSc1ccc(CNC2CN3CCC2CC3)cc1.Cl. The van der Waals surface area contributed by atoms with Gasteiger partial charge in [-0.25, -0.2) is 0 Å². The predicted molar refractivity (Wildman–Crippen MR) is 85.3 cm³/mol. The number of nitrogens with zero attached hydrogens (tertiary/aromatic N) is 1. The second-order valence-electron chi connectivity index (χ2n) is 5.47. The number of fused-ring (bicyclic) bond motifs is 3. The van der Waals surface area contributed by atoms with Gasteiger partial charge in [0.2, 0.25) is 0 Å². The summed E-state index contributed by atoms with van der Waals surface area (Å²) in [6.07, 6.45) is 4.91. The van der Waals surface area contributed by atoms with E-state index in [1.807, 2.05) is 0 Å². The van der Waals surface area contributed by atoms with Gasteiger partial charge in [-0.2, -0.15) is 0 Å². The molecule has 1 aromatic carbocycles. The Morgan fingerprint density at radius 1 is 1.21 bits per heavy atom. The highest BCUT2D eigenvalue weighted by molar-refractivity contribution is 7.98. The van der Waals surface area contributed by atoms with E-state index >= 15 is 0 Å². The van der Waals surface area contributed by atoms with Crippen LogP contribution in [0.2, 0.25) is 0 Å². The third-order valence-electron chi connectivity index (χ3n) is 4.38. The Balaban J connectivity index is 0.00000133. The van der Waals surface area contributed by atoms with Crippen LogP contribution < -0.4 is 5.32 Å². The van der Waals surface area contributed by atoms with E-state index in [1.165, 1.54) is 42.9 Å². The van der Waals surface area contributed by atoms with Crippen LogP contribution in [0.15, 0.2) is 29.2 Å². The molecule has 0 aliphatic carbocycles. The highest BCUT2D eigenvalue weighted by Gasteiger charge is 2.33. The molecule has 2 nitrogen and oxygen atoms in total. The van der Waals surface area contributed by atoms with Crippen molar-refractivity contribution in [1.29, 1.82) is 0 Å². The lowest BCUT2D eigenvalue weighted by molar-refractivity contribution is 0.0720. The maximum atomic E-state index is 3.76. The fraction of sp³-hybridized carbons (Fsp3) is 0.600. The van der Waals surface area contributed by atoms with Crippen LogP contribution in [0.4, 0.5) is 0 Å². The van der Waals surface area contributed by atoms with Gasteiger partial charge in [0.15, 0.2) is 0 Å². The molecule has 0 aromatic heterocycles. The summed E-state index contributed by atoms with van der Waals surface area (Å²) in [6, 6.07) is 9.66. The second-order valence-corrected chi connectivity index (χ2v) is 6.35. The standard InChI is InChI=1S/C15H22N2S.ClH/c1-18-14-4-2-12(3-5-14)10-16-15-11-17-8-6-13(15)7-9-17;/h2-5,13,15-16H,6-11H2,1H3;1H. The third kappa shape index (κ3) is 3.66. The molecule has 0 spiro atoms. The Labute approximate surface area is 126 Å². The van der Waals surface area contributed by atoms with Crippen LogP contribution >= 0.6 is 24.2 Å². The topological polar surface area (TPSA) is 15.3 Å². The van der Waals surface area contributed by atoms with Gasteiger partial charge >= 0.3 is 0 Å². The summed E-state index contributed by atoms with van der Waals surface area (Å²) >= 11 is 1.81. The Hall–Kier alpha value is -0.220. The van der Waals surface area contributed by atoms with Gasteiger partial charge in [0.25, 0.3) is 0 Å². The minimum absolute atomic E-state index is 0. The van der Waals surface area contributed by atoms with E-state index in [1.54, 1.807) is 11.8 Å². The van der Waals surface area contributed by atoms with E-state index in [0.29, 0.717) is 6.04 Å². The number of hydrogen-bond donors (Lipinski definition) is 1. The van der Waals surface area contributed by atoms with Crippen LogP contribution in [0.1, 0.15) is 18.4 Å². The molecule has 0 radical (unpaired) electrons. The van der Waals surface area contributed by atoms with Gasteiger partial charge in [-0.15, -0.1) is 24.2 Å². The molecule has 3 fully saturated rings. The monoisotopic (exact) mass is 298 g/mol. The van der Waals surface area contributed by atoms with E-state index in [4.69, 9.17) is 0 Å². The minimum Gasteiger partial charge on any atom is -0.308 e. The molecule has 3 aliphatic heterocycles. The van der Waals surface area contributed by atoms with Crippen molar-refractivity contribution < 1.29 is 0 Å². The van der Waals surface area contributed by atoms with Gasteiger partial charge in [0.1, 0.15) is 0 Å². The molecule has 4 rings (SSSR count). The van der Waals surface area contributed by atoms with Crippen LogP contribution in [0.25, 0.3) is 0 Å². The predicted octanol–water partition coefficient (Wildman–Crippen LogP) is 3.01. The Kier molecular flexibility index (Phi) is 5.58. The zero-order valence-corrected chi connectivity index (χ0v) is 13.1. The molecule has 0 amide bonds. The molecule has 1 N–H and O–H groups in total. The maximum absolute atomic E-state index is 3.76. The largest absolute Gasteiger partial charge is 0.308 e. The molecular formula is C15H23ClN2S. The van der Waals surface area contributed by atoms with Crippen molar-refractivity contribution >= 4 is 24.2 Å². The van der Waals surface area contributed by atoms with Crippen LogP contribution in [-0.2, 0) is 6.54 Å². The van der Waals surface area contributed by atoms with E-state index in [-0.39, 0.29) is 12.4 Å². The summed E-state index contributed by atoms with van der Waals surface area (Å²) in [4.78, 5) is 3.95. The molecule has 4 heteroatoms. The lowest BCUT2D eigenvalue weighted by Crippen LogP contribution is -2.55. The summed E-state index contributed by atoms with van der Waals surface area (Å²) in [5.74, 6) is 0.917. The summed E-state index contributed by atoms with van der Waals surface area (Å²) in [6.45, 7) is 4.92. The first kappa shape index (κ1) is 15.2. The smallest absolute Gasteiger partial charge is 0.0227 e. The number of nitrogens with one attached hydrogen (secondary N) is 1. The van der Waals surface area contributed by atoms with Crippen molar-refractivity contribution in [2.45, 2.75) is 30.3 Å². The maximum Gasteiger partial charge on any atom is 0.0227 e. The van der Waals surface area contributed by atoms with Crippen molar-refractivity contribution in [3.05, 3.63) is 29.8 Å². The Morgan fingerprint density at radius 2 is 1.89 bits per heavy atom. The molecule has 1 atom stereocenters. The van der Waals surface area contributed by atoms with Crippen molar-refractivity contribution in [2.24, 2.45) is 5.92 Å². The number of hydrogen-bond acceptors (Lipinski definition) is 3. The summed E-state index contributed by atoms with van der Waals surface area (Å²) in [5.41, 5.74) is 1.41. The van der Waals surface area contributed by atoms with Crippen molar-refractivity contribution in [2.75, 3.05) is 25.9 Å². The van der Waals surface area contributed by atoms with Crippen molar-refractivity contribution in [3.63, 3.8) is 0 Å². The van der Waals surface area contributed by atoms with Crippen LogP contribution in [0.5, 0.6) is 0 Å². The molecular weight excluding hydrogens is 276 g/mol. The minimum atomic E-state index is 0. The normalized spacial score (nSPS) is 29.0. The van der Waals surface area contributed by atoms with Gasteiger partial charge in [-0.1, -0.05) is 12.1 Å². The van der Waals surface area contributed by atoms with Gasteiger partial charge in [-0.3, -0.25) is 0 Å². The molecule has 3 aliphatic rings. The van der Waals surface area contributed by atoms with Gasteiger partial charge in [0.05, 0.1) is 0 Å². The van der Waals surface area contributed by atoms with Gasteiger partial charge < -0.3 is 10.2 Å². The molecule has 0 saturated carbocycles. The van der Waals surface area contributed by atoms with Crippen molar-refractivity contribution in [1.82, 2.24) is 10.2 Å². The lowest BCUT2D eigenvalue weighted by Gasteiger charge is -2.45. The molecule has 1 aromatic rings. The molecule has 106 valence electrons. The highest BCUT2D eigenvalue weighted by atomic mass is 35.5. The lowest BCUT2D eigenvalue weighted by atomic mass is 9.84. The molecule has 19 heavy (non-hydrogen) atoms. The highest BCUT2D eigenvalue weighted by Crippen LogP contribution is 2.27. The summed E-state index contributed by atoms with van der Waals surface area (Å²) < 4.78 is 0. The Bertz CT molecular complexity index is 388. The van der Waals surface area contributed by atoms with Crippen LogP contribution in [0, 0.1) is 5.92 Å².